The molecule has 0 saturated heterocycles. The summed E-state index contributed by atoms with van der Waals surface area (Å²) >= 11 is 0. The monoisotopic (exact) mass is 538 g/mol. The van der Waals surface area contributed by atoms with Crippen molar-refractivity contribution in [2.45, 2.75) is 58.4 Å². The van der Waals surface area contributed by atoms with Gasteiger partial charge in [-0.1, -0.05) is 31.5 Å². The second-order valence-electron chi connectivity index (χ2n) is 9.65. The Bertz CT molecular complexity index is 1350. The number of amides is 1. The minimum absolute atomic E-state index is 0.116. The van der Waals surface area contributed by atoms with Crippen molar-refractivity contribution in [3.05, 3.63) is 82.9 Å². The minimum atomic E-state index is -4.01. The van der Waals surface area contributed by atoms with Crippen molar-refractivity contribution in [1.82, 2.24) is 5.32 Å². The summed E-state index contributed by atoms with van der Waals surface area (Å²) in [5, 5.41) is 2.99. The Morgan fingerprint density at radius 2 is 1.58 bits per heavy atom. The highest BCUT2D eigenvalue weighted by atomic mass is 32.2. The van der Waals surface area contributed by atoms with Crippen molar-refractivity contribution in [1.29, 1.82) is 0 Å². The van der Waals surface area contributed by atoms with Gasteiger partial charge in [-0.2, -0.15) is 0 Å². The molecule has 3 aromatic rings. The second-order valence-corrected chi connectivity index (χ2v) is 11.5. The lowest BCUT2D eigenvalue weighted by Crippen LogP contribution is -2.41. The molecule has 1 unspecified atom stereocenters. The van der Waals surface area contributed by atoms with Gasteiger partial charge in [-0.25, -0.2) is 8.42 Å². The van der Waals surface area contributed by atoms with Crippen LogP contribution in [0.4, 0.5) is 5.69 Å². The Hall–Kier alpha value is -3.52. The Morgan fingerprint density at radius 3 is 2.13 bits per heavy atom. The number of methoxy groups -OCH3 is 1. The number of carbonyl (C=O) groups excluding carboxylic acids is 1. The van der Waals surface area contributed by atoms with Crippen LogP contribution >= 0.6 is 0 Å². The van der Waals surface area contributed by atoms with Crippen LogP contribution in [-0.4, -0.2) is 34.6 Å². The normalized spacial score (nSPS) is 12.2. The van der Waals surface area contributed by atoms with Crippen LogP contribution in [0.3, 0.4) is 0 Å². The molecule has 0 aliphatic heterocycles. The predicted octanol–water partition coefficient (Wildman–Crippen LogP) is 5.91. The molecule has 8 heteroatoms. The van der Waals surface area contributed by atoms with Crippen LogP contribution in [-0.2, 0) is 14.8 Å². The number of nitrogens with zero attached hydrogens (tertiary/aromatic N) is 1. The SMILES string of the molecule is CCOc1ccc(N(CC(=O)NC(C)c2cc(C(C)C)c(OC)cc2C)S(=O)(=O)c2ccc(C)cc2)cc1. The second kappa shape index (κ2) is 12.3. The zero-order valence-electron chi connectivity index (χ0n) is 23.2. The van der Waals surface area contributed by atoms with Crippen LogP contribution in [0, 0.1) is 13.8 Å². The van der Waals surface area contributed by atoms with Crippen LogP contribution in [0.15, 0.2) is 65.6 Å². The van der Waals surface area contributed by atoms with Gasteiger partial charge >= 0.3 is 0 Å². The van der Waals surface area contributed by atoms with Crippen molar-refractivity contribution in [3.63, 3.8) is 0 Å². The molecule has 3 aromatic carbocycles. The lowest BCUT2D eigenvalue weighted by Gasteiger charge is -2.26. The minimum Gasteiger partial charge on any atom is -0.496 e. The molecule has 0 aliphatic carbocycles. The summed E-state index contributed by atoms with van der Waals surface area (Å²) in [6.07, 6.45) is 0. The molecule has 0 radical (unpaired) electrons. The third-order valence-electron chi connectivity index (χ3n) is 6.42. The van der Waals surface area contributed by atoms with E-state index in [9.17, 15) is 13.2 Å². The van der Waals surface area contributed by atoms with Gasteiger partial charge < -0.3 is 14.8 Å². The van der Waals surface area contributed by atoms with Gasteiger partial charge in [-0.05, 0) is 98.8 Å². The molecule has 0 aliphatic rings. The van der Waals surface area contributed by atoms with E-state index < -0.39 is 15.9 Å². The van der Waals surface area contributed by atoms with Gasteiger partial charge in [0.2, 0.25) is 5.91 Å². The number of rotatable bonds is 11. The molecule has 0 fully saturated rings. The molecule has 1 amide bonds. The molecule has 0 aromatic heterocycles. The van der Waals surface area contributed by atoms with E-state index in [0.29, 0.717) is 18.0 Å². The van der Waals surface area contributed by atoms with E-state index in [2.05, 4.69) is 25.2 Å². The summed E-state index contributed by atoms with van der Waals surface area (Å²) in [4.78, 5) is 13.4. The number of anilines is 1. The van der Waals surface area contributed by atoms with Gasteiger partial charge in [-0.15, -0.1) is 0 Å². The molecule has 0 saturated carbocycles. The predicted molar refractivity (Wildman–Crippen MR) is 152 cm³/mol. The first-order chi connectivity index (χ1) is 18.0. The van der Waals surface area contributed by atoms with Gasteiger partial charge in [-0.3, -0.25) is 9.10 Å². The largest absolute Gasteiger partial charge is 0.496 e. The molecular weight excluding hydrogens is 500 g/mol. The molecule has 0 heterocycles. The summed E-state index contributed by atoms with van der Waals surface area (Å²) in [7, 11) is -2.36. The van der Waals surface area contributed by atoms with E-state index in [4.69, 9.17) is 9.47 Å². The number of carbonyl (C=O) groups is 1. The Labute approximate surface area is 226 Å². The van der Waals surface area contributed by atoms with E-state index in [-0.39, 0.29) is 23.4 Å². The maximum atomic E-state index is 13.7. The number of benzene rings is 3. The number of hydrogen-bond donors (Lipinski definition) is 1. The lowest BCUT2D eigenvalue weighted by atomic mass is 9.93. The van der Waals surface area contributed by atoms with E-state index in [1.165, 1.54) is 0 Å². The lowest BCUT2D eigenvalue weighted by molar-refractivity contribution is -0.120. The first-order valence-electron chi connectivity index (χ1n) is 12.8. The molecule has 204 valence electrons. The first-order valence-corrected chi connectivity index (χ1v) is 14.2. The highest BCUT2D eigenvalue weighted by Gasteiger charge is 2.28. The van der Waals surface area contributed by atoms with Crippen molar-refractivity contribution >= 4 is 21.6 Å². The fraction of sp³-hybridized carbons (Fsp3) is 0.367. The quantitative estimate of drug-likeness (QED) is 0.328. The van der Waals surface area contributed by atoms with Gasteiger partial charge in [0.15, 0.2) is 0 Å². The average Bonchev–Trinajstić information content (AvgIpc) is 2.87. The first kappa shape index (κ1) is 29.0. The van der Waals surface area contributed by atoms with Crippen molar-refractivity contribution < 1.29 is 22.7 Å². The zero-order valence-corrected chi connectivity index (χ0v) is 24.1. The van der Waals surface area contributed by atoms with Gasteiger partial charge in [0.1, 0.15) is 18.0 Å². The number of nitrogens with one attached hydrogen (secondary N) is 1. The van der Waals surface area contributed by atoms with E-state index in [1.54, 1.807) is 55.6 Å². The molecule has 0 spiro atoms. The van der Waals surface area contributed by atoms with Crippen LogP contribution in [0.2, 0.25) is 0 Å². The molecule has 3 rings (SSSR count). The maximum Gasteiger partial charge on any atom is 0.264 e. The van der Waals surface area contributed by atoms with E-state index >= 15 is 0 Å². The smallest absolute Gasteiger partial charge is 0.264 e. The Kier molecular flexibility index (Phi) is 9.44. The van der Waals surface area contributed by atoms with Crippen LogP contribution < -0.4 is 19.1 Å². The summed E-state index contributed by atoms with van der Waals surface area (Å²) in [6.45, 7) is 11.9. The summed E-state index contributed by atoms with van der Waals surface area (Å²) < 4.78 is 39.6. The van der Waals surface area contributed by atoms with Gasteiger partial charge in [0, 0.05) is 0 Å². The van der Waals surface area contributed by atoms with E-state index in [1.807, 2.05) is 33.8 Å². The van der Waals surface area contributed by atoms with Crippen LogP contribution in [0.25, 0.3) is 0 Å². The zero-order chi connectivity index (χ0) is 28.0. The molecule has 0 bridgehead atoms. The highest BCUT2D eigenvalue weighted by Crippen LogP contribution is 2.32. The fourth-order valence-corrected chi connectivity index (χ4v) is 5.75. The summed E-state index contributed by atoms with van der Waals surface area (Å²) in [6, 6.07) is 17.0. The maximum absolute atomic E-state index is 13.7. The molecule has 1 atom stereocenters. The fourth-order valence-electron chi connectivity index (χ4n) is 4.33. The Morgan fingerprint density at radius 1 is 0.947 bits per heavy atom. The van der Waals surface area contributed by atoms with Gasteiger partial charge in [0.05, 0.1) is 30.3 Å². The van der Waals surface area contributed by atoms with Crippen molar-refractivity contribution in [2.75, 3.05) is 24.6 Å². The molecule has 38 heavy (non-hydrogen) atoms. The van der Waals surface area contributed by atoms with Crippen LogP contribution in [0.5, 0.6) is 11.5 Å². The number of ether oxygens (including phenoxy) is 2. The molecular formula is C30H38N2O5S. The third-order valence-corrected chi connectivity index (χ3v) is 8.20. The van der Waals surface area contributed by atoms with Crippen molar-refractivity contribution in [3.8, 4) is 11.5 Å². The van der Waals surface area contributed by atoms with E-state index in [0.717, 1.165) is 32.3 Å². The van der Waals surface area contributed by atoms with Crippen LogP contribution in [0.1, 0.15) is 61.9 Å². The van der Waals surface area contributed by atoms with Crippen molar-refractivity contribution in [2.24, 2.45) is 0 Å². The standard InChI is InChI=1S/C30H38N2O5S/c1-8-37-25-13-11-24(12-14-25)32(38(34,35)26-15-9-21(4)10-16-26)19-30(33)31-23(6)28-18-27(20(2)3)29(36-7)17-22(28)5/h9-18,20,23H,8,19H2,1-7H3,(H,31,33). The average molecular weight is 539 g/mol. The molecule has 1 N–H and O–H groups in total. The third kappa shape index (κ3) is 6.67. The topological polar surface area (TPSA) is 84.9 Å². The number of aryl methyl sites for hydroxylation is 2. The van der Waals surface area contributed by atoms with Gasteiger partial charge in [0.25, 0.3) is 10.0 Å². The number of hydrogen-bond acceptors (Lipinski definition) is 5. The highest BCUT2D eigenvalue weighted by molar-refractivity contribution is 7.92. The summed E-state index contributed by atoms with van der Waals surface area (Å²) in [5.41, 5.74) is 4.30. The molecule has 7 nitrogen and oxygen atoms in total. The Balaban J connectivity index is 1.92. The summed E-state index contributed by atoms with van der Waals surface area (Å²) in [5.74, 6) is 1.26. The number of sulfonamides is 1.